The van der Waals surface area contributed by atoms with E-state index in [2.05, 4.69) is 11.9 Å². The van der Waals surface area contributed by atoms with Crippen molar-refractivity contribution >= 4 is 0 Å². The highest BCUT2D eigenvalue weighted by Crippen LogP contribution is 2.22. The van der Waals surface area contributed by atoms with Crippen molar-refractivity contribution in [2.24, 2.45) is 7.05 Å². The van der Waals surface area contributed by atoms with E-state index in [4.69, 9.17) is 0 Å². The van der Waals surface area contributed by atoms with Crippen molar-refractivity contribution in [3.05, 3.63) is 102 Å². The summed E-state index contributed by atoms with van der Waals surface area (Å²) in [6.07, 6.45) is 4.97. The van der Waals surface area contributed by atoms with Gasteiger partial charge < -0.3 is 14.1 Å². The van der Waals surface area contributed by atoms with Crippen LogP contribution >= 0.6 is 0 Å². The van der Waals surface area contributed by atoms with Gasteiger partial charge in [0.2, 0.25) is 5.56 Å². The molecule has 0 aliphatic carbocycles. The number of aryl methyl sites for hydroxylation is 1. The van der Waals surface area contributed by atoms with Crippen molar-refractivity contribution in [1.82, 2.24) is 14.1 Å². The molecule has 0 amide bonds. The van der Waals surface area contributed by atoms with Gasteiger partial charge in [-0.1, -0.05) is 26.0 Å². The standard InChI is InChI=1S/C25H31N3O3/c1-16(2)28-15-19(8-9-24(28)30)12-18(4)22-13-20(14-23(29)26-22)11-17(3)21-7-6-10-27(5)25(21)31/h6-10,13-18H,11-12H2,1-5H3,(H,26,29). The Hall–Kier alpha value is -3.15. The summed E-state index contributed by atoms with van der Waals surface area (Å²) in [6, 6.07) is 10.9. The summed E-state index contributed by atoms with van der Waals surface area (Å²) in [5, 5.41) is 0. The second-order valence-corrected chi connectivity index (χ2v) is 8.77. The topological polar surface area (TPSA) is 76.9 Å². The van der Waals surface area contributed by atoms with Crippen LogP contribution < -0.4 is 16.7 Å². The molecular weight excluding hydrogens is 390 g/mol. The molecule has 6 heteroatoms. The number of aromatic amines is 1. The van der Waals surface area contributed by atoms with E-state index in [1.165, 1.54) is 0 Å². The largest absolute Gasteiger partial charge is 0.326 e. The zero-order valence-electron chi connectivity index (χ0n) is 18.9. The molecule has 0 saturated carbocycles. The van der Waals surface area contributed by atoms with Crippen LogP contribution in [0.15, 0.2) is 63.2 Å². The van der Waals surface area contributed by atoms with Gasteiger partial charge in [0.05, 0.1) is 0 Å². The van der Waals surface area contributed by atoms with E-state index in [9.17, 15) is 14.4 Å². The SMILES string of the molecule is CC(Cc1ccc(=O)n(C(C)C)c1)c1cc(CC(C)c2cccn(C)c2=O)cc(=O)[nH]1. The Morgan fingerprint density at radius 2 is 1.61 bits per heavy atom. The lowest BCUT2D eigenvalue weighted by atomic mass is 9.92. The molecule has 3 aromatic heterocycles. The molecule has 0 saturated heterocycles. The van der Waals surface area contributed by atoms with E-state index < -0.39 is 0 Å². The molecule has 2 unspecified atom stereocenters. The first-order chi connectivity index (χ1) is 14.7. The number of hydrogen-bond donors (Lipinski definition) is 1. The monoisotopic (exact) mass is 421 g/mol. The van der Waals surface area contributed by atoms with Crippen molar-refractivity contribution in [2.45, 2.75) is 58.4 Å². The van der Waals surface area contributed by atoms with E-state index >= 15 is 0 Å². The normalized spacial score (nSPS) is 13.4. The maximum Gasteiger partial charge on any atom is 0.253 e. The van der Waals surface area contributed by atoms with E-state index in [0.29, 0.717) is 12.8 Å². The van der Waals surface area contributed by atoms with Gasteiger partial charge in [-0.15, -0.1) is 0 Å². The Balaban J connectivity index is 1.83. The van der Waals surface area contributed by atoms with Crippen LogP contribution in [0, 0.1) is 0 Å². The lowest BCUT2D eigenvalue weighted by molar-refractivity contribution is 0.571. The van der Waals surface area contributed by atoms with Gasteiger partial charge in [0.15, 0.2) is 0 Å². The maximum absolute atomic E-state index is 12.4. The van der Waals surface area contributed by atoms with E-state index in [1.807, 2.05) is 51.2 Å². The molecule has 1 N–H and O–H groups in total. The number of H-pyrrole nitrogens is 1. The number of aromatic nitrogens is 3. The van der Waals surface area contributed by atoms with Gasteiger partial charge in [0.1, 0.15) is 0 Å². The first-order valence-electron chi connectivity index (χ1n) is 10.8. The fraction of sp³-hybridized carbons (Fsp3) is 0.400. The van der Waals surface area contributed by atoms with Gasteiger partial charge in [-0.3, -0.25) is 14.4 Å². The van der Waals surface area contributed by atoms with Crippen LogP contribution in [-0.2, 0) is 19.9 Å². The fourth-order valence-corrected chi connectivity index (χ4v) is 4.00. The molecule has 0 aliphatic heterocycles. The van der Waals surface area contributed by atoms with Gasteiger partial charge in [-0.05, 0) is 55.9 Å². The molecule has 0 radical (unpaired) electrons. The first-order valence-corrected chi connectivity index (χ1v) is 10.8. The summed E-state index contributed by atoms with van der Waals surface area (Å²) < 4.78 is 3.30. The summed E-state index contributed by atoms with van der Waals surface area (Å²) >= 11 is 0. The number of rotatable bonds is 7. The molecule has 0 bridgehead atoms. The van der Waals surface area contributed by atoms with Crippen molar-refractivity contribution < 1.29 is 0 Å². The van der Waals surface area contributed by atoms with Gasteiger partial charge in [-0.25, -0.2) is 0 Å². The van der Waals surface area contributed by atoms with E-state index in [-0.39, 0.29) is 34.6 Å². The molecule has 0 aliphatic rings. The maximum atomic E-state index is 12.4. The zero-order valence-corrected chi connectivity index (χ0v) is 18.9. The number of pyridine rings is 3. The summed E-state index contributed by atoms with van der Waals surface area (Å²) in [5.41, 5.74) is 3.41. The lowest BCUT2D eigenvalue weighted by Gasteiger charge is -2.17. The average Bonchev–Trinajstić information content (AvgIpc) is 2.70. The number of nitrogens with zero attached hydrogens (tertiary/aromatic N) is 2. The van der Waals surface area contributed by atoms with Crippen LogP contribution in [0.4, 0.5) is 0 Å². The number of nitrogens with one attached hydrogen (secondary N) is 1. The average molecular weight is 422 g/mol. The summed E-state index contributed by atoms with van der Waals surface area (Å²) in [4.78, 5) is 39.7. The molecule has 31 heavy (non-hydrogen) atoms. The first kappa shape index (κ1) is 22.5. The molecule has 3 heterocycles. The minimum absolute atomic E-state index is 0.000505. The minimum Gasteiger partial charge on any atom is -0.326 e. The second kappa shape index (κ2) is 9.33. The fourth-order valence-electron chi connectivity index (χ4n) is 4.00. The predicted octanol–water partition coefficient (Wildman–Crippen LogP) is 3.51. The van der Waals surface area contributed by atoms with Crippen LogP contribution in [0.2, 0.25) is 0 Å². The van der Waals surface area contributed by atoms with Gasteiger partial charge >= 0.3 is 0 Å². The predicted molar refractivity (Wildman–Crippen MR) is 124 cm³/mol. The van der Waals surface area contributed by atoms with Crippen LogP contribution in [0.1, 0.15) is 68.0 Å². The minimum atomic E-state index is -0.139. The molecule has 164 valence electrons. The van der Waals surface area contributed by atoms with Gasteiger partial charge in [0.25, 0.3) is 11.1 Å². The van der Waals surface area contributed by atoms with E-state index in [1.54, 1.807) is 34.5 Å². The van der Waals surface area contributed by atoms with Crippen LogP contribution in [0.5, 0.6) is 0 Å². The Labute approximate surface area is 182 Å². The highest BCUT2D eigenvalue weighted by Gasteiger charge is 2.15. The summed E-state index contributed by atoms with van der Waals surface area (Å²) in [5.74, 6) is 0.0742. The Morgan fingerprint density at radius 3 is 2.32 bits per heavy atom. The second-order valence-electron chi connectivity index (χ2n) is 8.77. The number of hydrogen-bond acceptors (Lipinski definition) is 3. The molecule has 0 aromatic carbocycles. The summed E-state index contributed by atoms with van der Waals surface area (Å²) in [7, 11) is 1.74. The van der Waals surface area contributed by atoms with Crippen LogP contribution in [0.25, 0.3) is 0 Å². The van der Waals surface area contributed by atoms with Crippen molar-refractivity contribution in [1.29, 1.82) is 0 Å². The van der Waals surface area contributed by atoms with Gasteiger partial charge in [0, 0.05) is 54.8 Å². The van der Waals surface area contributed by atoms with Gasteiger partial charge in [-0.2, -0.15) is 0 Å². The third-order valence-electron chi connectivity index (χ3n) is 5.78. The molecule has 6 nitrogen and oxygen atoms in total. The Bertz CT molecular complexity index is 1230. The van der Waals surface area contributed by atoms with Crippen molar-refractivity contribution in [3.8, 4) is 0 Å². The highest BCUT2D eigenvalue weighted by molar-refractivity contribution is 5.25. The molecule has 3 aromatic rings. The molecule has 0 fully saturated rings. The van der Waals surface area contributed by atoms with Crippen LogP contribution in [0.3, 0.4) is 0 Å². The van der Waals surface area contributed by atoms with Crippen molar-refractivity contribution in [3.63, 3.8) is 0 Å². The quantitative estimate of drug-likeness (QED) is 0.634. The smallest absolute Gasteiger partial charge is 0.253 e. The molecular formula is C25H31N3O3. The molecule has 2 atom stereocenters. The third kappa shape index (κ3) is 5.32. The summed E-state index contributed by atoms with van der Waals surface area (Å²) in [6.45, 7) is 8.04. The zero-order chi connectivity index (χ0) is 22.7. The lowest BCUT2D eigenvalue weighted by Crippen LogP contribution is -2.22. The molecule has 0 spiro atoms. The third-order valence-corrected chi connectivity index (χ3v) is 5.78. The Morgan fingerprint density at radius 1 is 0.903 bits per heavy atom. The Kier molecular flexibility index (Phi) is 6.78. The van der Waals surface area contributed by atoms with E-state index in [0.717, 1.165) is 22.4 Å². The van der Waals surface area contributed by atoms with Crippen LogP contribution in [-0.4, -0.2) is 14.1 Å². The molecule has 3 rings (SSSR count). The highest BCUT2D eigenvalue weighted by atomic mass is 16.1. The van der Waals surface area contributed by atoms with Crippen molar-refractivity contribution in [2.75, 3.05) is 0 Å².